The summed E-state index contributed by atoms with van der Waals surface area (Å²) in [6.45, 7) is 0.641. The normalized spacial score (nSPS) is 12.5. The van der Waals surface area contributed by atoms with Gasteiger partial charge in [0.25, 0.3) is 0 Å². The fourth-order valence-corrected chi connectivity index (χ4v) is 6.45. The van der Waals surface area contributed by atoms with E-state index in [1.165, 1.54) is 22.3 Å². The maximum atomic E-state index is 11.2. The predicted octanol–water partition coefficient (Wildman–Crippen LogP) is 8.60. The molecule has 47 heavy (non-hydrogen) atoms. The molecule has 6 aromatic carbocycles. The zero-order valence-corrected chi connectivity index (χ0v) is 25.3. The number of aromatic carboxylic acids is 2. The van der Waals surface area contributed by atoms with Crippen molar-refractivity contribution in [3.8, 4) is 22.6 Å². The summed E-state index contributed by atoms with van der Waals surface area (Å²) in [5.74, 6) is -0.482. The first-order valence-corrected chi connectivity index (χ1v) is 15.2. The van der Waals surface area contributed by atoms with E-state index in [2.05, 4.69) is 72.8 Å². The van der Waals surface area contributed by atoms with Crippen molar-refractivity contribution in [2.75, 3.05) is 0 Å². The topological polar surface area (TPSA) is 93.1 Å². The zero-order valence-electron chi connectivity index (χ0n) is 25.3. The van der Waals surface area contributed by atoms with Crippen molar-refractivity contribution in [3.05, 3.63) is 190 Å². The summed E-state index contributed by atoms with van der Waals surface area (Å²) in [5, 5.41) is 18.3. The highest BCUT2D eigenvalue weighted by molar-refractivity contribution is 5.88. The number of hydrogen-bond donors (Lipinski definition) is 2. The Labute approximate surface area is 272 Å². The highest BCUT2D eigenvalue weighted by Gasteiger charge is 2.45. The van der Waals surface area contributed by atoms with Gasteiger partial charge in [0.15, 0.2) is 0 Å². The molecule has 0 fully saturated rings. The molecule has 0 aromatic heterocycles. The van der Waals surface area contributed by atoms with Crippen LogP contribution in [0.4, 0.5) is 0 Å². The minimum absolute atomic E-state index is 0.243. The van der Waals surface area contributed by atoms with E-state index in [-0.39, 0.29) is 11.1 Å². The zero-order chi connectivity index (χ0) is 32.4. The van der Waals surface area contributed by atoms with Gasteiger partial charge in [0, 0.05) is 0 Å². The second-order valence-electron chi connectivity index (χ2n) is 11.5. The quantitative estimate of drug-likeness (QED) is 0.159. The Kier molecular flexibility index (Phi) is 7.76. The van der Waals surface area contributed by atoms with E-state index in [0.29, 0.717) is 24.7 Å². The van der Waals surface area contributed by atoms with Gasteiger partial charge in [-0.1, -0.05) is 97.1 Å². The average molecular weight is 619 g/mol. The lowest BCUT2D eigenvalue weighted by molar-refractivity contribution is 0.0686. The third-order valence-corrected chi connectivity index (χ3v) is 8.74. The summed E-state index contributed by atoms with van der Waals surface area (Å²) >= 11 is 0. The Balaban J connectivity index is 1.21. The fraction of sp³-hybridized carbons (Fsp3) is 0.0732. The summed E-state index contributed by atoms with van der Waals surface area (Å²) in [6, 6.07) is 46.9. The molecule has 6 nitrogen and oxygen atoms in total. The van der Waals surface area contributed by atoms with Crippen LogP contribution in [-0.2, 0) is 18.6 Å². The molecule has 0 amide bonds. The minimum Gasteiger partial charge on any atom is -0.489 e. The summed E-state index contributed by atoms with van der Waals surface area (Å²) in [5.41, 5.74) is 8.64. The van der Waals surface area contributed by atoms with Crippen molar-refractivity contribution in [1.82, 2.24) is 0 Å². The van der Waals surface area contributed by atoms with Crippen LogP contribution in [0.15, 0.2) is 146 Å². The molecular weight excluding hydrogens is 588 g/mol. The standard InChI is InChI=1S/C41H30O6/c42-39(43)29-13-9-27(10-14-29)25-46-33-21-17-31(18-22-33)41(37-7-3-1-5-35(37)36-6-2-4-8-38(36)41)32-19-23-34(24-20-32)47-26-28-11-15-30(16-12-28)40(44)45/h1-24H,25-26H2,(H,42,43)(H,44,45). The van der Waals surface area contributed by atoms with Crippen molar-refractivity contribution < 1.29 is 29.3 Å². The molecule has 6 aromatic rings. The summed E-state index contributed by atoms with van der Waals surface area (Å²) in [6.07, 6.45) is 0. The van der Waals surface area contributed by atoms with Crippen LogP contribution in [0, 0.1) is 0 Å². The Morgan fingerprint density at radius 2 is 0.830 bits per heavy atom. The molecule has 7 rings (SSSR count). The van der Waals surface area contributed by atoms with Gasteiger partial charge in [0.2, 0.25) is 0 Å². The second kappa shape index (κ2) is 12.3. The molecule has 0 heterocycles. The average Bonchev–Trinajstić information content (AvgIpc) is 3.42. The lowest BCUT2D eigenvalue weighted by Crippen LogP contribution is -2.28. The van der Waals surface area contributed by atoms with Gasteiger partial charge in [-0.05, 0) is 93.0 Å². The lowest BCUT2D eigenvalue weighted by atomic mass is 9.68. The molecule has 0 radical (unpaired) electrons. The number of ether oxygens (including phenoxy) is 2. The van der Waals surface area contributed by atoms with Crippen molar-refractivity contribution >= 4 is 11.9 Å². The summed E-state index contributed by atoms with van der Waals surface area (Å²) in [7, 11) is 0. The summed E-state index contributed by atoms with van der Waals surface area (Å²) < 4.78 is 12.2. The van der Waals surface area contributed by atoms with E-state index in [0.717, 1.165) is 22.3 Å². The maximum Gasteiger partial charge on any atom is 0.335 e. The number of carboxylic acid groups (broad SMARTS) is 2. The van der Waals surface area contributed by atoms with Crippen molar-refractivity contribution in [2.45, 2.75) is 18.6 Å². The highest BCUT2D eigenvalue weighted by Crippen LogP contribution is 2.56. The molecule has 6 heteroatoms. The summed E-state index contributed by atoms with van der Waals surface area (Å²) in [4.78, 5) is 22.4. The van der Waals surface area contributed by atoms with Crippen LogP contribution < -0.4 is 9.47 Å². The molecule has 0 atom stereocenters. The Bertz CT molecular complexity index is 1910. The van der Waals surface area contributed by atoms with Gasteiger partial charge in [0.05, 0.1) is 16.5 Å². The van der Waals surface area contributed by atoms with Crippen molar-refractivity contribution in [3.63, 3.8) is 0 Å². The van der Waals surface area contributed by atoms with Crippen LogP contribution in [0.2, 0.25) is 0 Å². The van der Waals surface area contributed by atoms with Gasteiger partial charge >= 0.3 is 11.9 Å². The molecule has 0 unspecified atom stereocenters. The third kappa shape index (κ3) is 5.51. The highest BCUT2D eigenvalue weighted by atomic mass is 16.5. The largest absolute Gasteiger partial charge is 0.489 e. The number of hydrogen-bond acceptors (Lipinski definition) is 4. The molecule has 0 bridgehead atoms. The van der Waals surface area contributed by atoms with Crippen LogP contribution in [0.5, 0.6) is 11.5 Å². The first kappa shape index (κ1) is 29.6. The smallest absolute Gasteiger partial charge is 0.335 e. The van der Waals surface area contributed by atoms with Gasteiger partial charge < -0.3 is 19.7 Å². The molecule has 1 aliphatic rings. The third-order valence-electron chi connectivity index (χ3n) is 8.74. The first-order chi connectivity index (χ1) is 22.9. The monoisotopic (exact) mass is 618 g/mol. The lowest BCUT2D eigenvalue weighted by Gasteiger charge is -2.34. The minimum atomic E-state index is -0.955. The van der Waals surface area contributed by atoms with E-state index >= 15 is 0 Å². The van der Waals surface area contributed by atoms with Crippen LogP contribution >= 0.6 is 0 Å². The molecule has 0 aliphatic heterocycles. The Morgan fingerprint density at radius 3 is 1.19 bits per heavy atom. The van der Waals surface area contributed by atoms with Crippen LogP contribution in [0.25, 0.3) is 11.1 Å². The maximum absolute atomic E-state index is 11.2. The molecule has 0 saturated carbocycles. The van der Waals surface area contributed by atoms with Gasteiger partial charge in [0.1, 0.15) is 24.7 Å². The number of fused-ring (bicyclic) bond motifs is 3. The number of benzene rings is 6. The molecule has 0 saturated heterocycles. The molecular formula is C41H30O6. The SMILES string of the molecule is O=C(O)c1ccc(COc2ccc(C3(c4ccc(OCc5ccc(C(=O)O)cc5)cc4)c4ccccc4-c4ccccc43)cc2)cc1. The van der Waals surface area contributed by atoms with Crippen LogP contribution in [0.1, 0.15) is 54.1 Å². The molecule has 1 aliphatic carbocycles. The van der Waals surface area contributed by atoms with Gasteiger partial charge in [-0.15, -0.1) is 0 Å². The van der Waals surface area contributed by atoms with E-state index < -0.39 is 17.4 Å². The molecule has 230 valence electrons. The van der Waals surface area contributed by atoms with Crippen molar-refractivity contribution in [2.24, 2.45) is 0 Å². The van der Waals surface area contributed by atoms with Gasteiger partial charge in [-0.3, -0.25) is 0 Å². The van der Waals surface area contributed by atoms with Crippen LogP contribution in [-0.4, -0.2) is 22.2 Å². The van der Waals surface area contributed by atoms with Crippen LogP contribution in [0.3, 0.4) is 0 Å². The van der Waals surface area contributed by atoms with E-state index in [1.807, 2.05) is 24.3 Å². The van der Waals surface area contributed by atoms with E-state index in [9.17, 15) is 19.8 Å². The molecule has 0 spiro atoms. The Morgan fingerprint density at radius 1 is 0.468 bits per heavy atom. The van der Waals surface area contributed by atoms with Crippen molar-refractivity contribution in [1.29, 1.82) is 0 Å². The number of rotatable bonds is 10. The second-order valence-corrected chi connectivity index (χ2v) is 11.5. The fourth-order valence-electron chi connectivity index (χ4n) is 6.45. The number of carbonyl (C=O) groups is 2. The molecule has 2 N–H and O–H groups in total. The van der Waals surface area contributed by atoms with E-state index in [4.69, 9.17) is 9.47 Å². The number of carboxylic acids is 2. The Hall–Kier alpha value is -6.14. The first-order valence-electron chi connectivity index (χ1n) is 15.2. The van der Waals surface area contributed by atoms with Gasteiger partial charge in [-0.25, -0.2) is 9.59 Å². The predicted molar refractivity (Wildman–Crippen MR) is 179 cm³/mol. The van der Waals surface area contributed by atoms with Gasteiger partial charge in [-0.2, -0.15) is 0 Å². The van der Waals surface area contributed by atoms with E-state index in [1.54, 1.807) is 48.5 Å².